The van der Waals surface area contributed by atoms with Crippen molar-refractivity contribution >= 4 is 39.1 Å². The summed E-state index contributed by atoms with van der Waals surface area (Å²) in [6.45, 7) is 0. The molecular weight excluding hydrogens is 235 g/mol. The summed E-state index contributed by atoms with van der Waals surface area (Å²) in [5.74, 6) is 0.856. The first-order valence-corrected chi connectivity index (χ1v) is 5.14. The molecule has 1 aromatic heterocycles. The van der Waals surface area contributed by atoms with Crippen LogP contribution in [0.4, 0.5) is 0 Å². The van der Waals surface area contributed by atoms with Crippen molar-refractivity contribution in [3.05, 3.63) is 10.3 Å². The molecule has 1 heterocycles. The van der Waals surface area contributed by atoms with E-state index in [1.807, 2.05) is 0 Å². The van der Waals surface area contributed by atoms with Crippen molar-refractivity contribution in [2.24, 2.45) is 0 Å². The van der Waals surface area contributed by atoms with Gasteiger partial charge in [-0.3, -0.25) is 0 Å². The van der Waals surface area contributed by atoms with E-state index in [0.717, 1.165) is 24.0 Å². The summed E-state index contributed by atoms with van der Waals surface area (Å²) in [5, 5.41) is 0.990. The molecule has 0 bridgehead atoms. The first-order chi connectivity index (χ1) is 4.83. The number of aromatic nitrogens is 2. The second-order valence-electron chi connectivity index (χ2n) is 1.76. The Labute approximate surface area is 76.9 Å². The van der Waals surface area contributed by atoms with Crippen molar-refractivity contribution in [1.29, 1.82) is 0 Å². The second kappa shape index (κ2) is 4.26. The van der Waals surface area contributed by atoms with Crippen molar-refractivity contribution in [3.8, 4) is 0 Å². The predicted octanol–water partition coefficient (Wildman–Crippen LogP) is 2.52. The lowest BCUT2D eigenvalue weighted by molar-refractivity contribution is 0.874. The van der Waals surface area contributed by atoms with Gasteiger partial charge >= 0.3 is 0 Å². The molecule has 0 saturated heterocycles. The van der Waals surface area contributed by atoms with Crippen LogP contribution < -0.4 is 0 Å². The van der Waals surface area contributed by atoms with Crippen LogP contribution in [0.15, 0.2) is 0 Å². The number of hydrogen-bond acceptors (Lipinski definition) is 3. The molecule has 0 unspecified atom stereocenters. The SMILES string of the molecule is Clc1nc(CCCBr)ns1. The first kappa shape index (κ1) is 8.43. The smallest absolute Gasteiger partial charge is 0.203 e. The lowest BCUT2D eigenvalue weighted by atomic mass is 10.3. The van der Waals surface area contributed by atoms with Gasteiger partial charge in [-0.25, -0.2) is 4.98 Å². The normalized spacial score (nSPS) is 10.2. The fourth-order valence-corrected chi connectivity index (χ4v) is 1.50. The molecule has 0 aliphatic heterocycles. The highest BCUT2D eigenvalue weighted by Crippen LogP contribution is 2.11. The van der Waals surface area contributed by atoms with Crippen LogP contribution in [-0.4, -0.2) is 14.7 Å². The Kier molecular flexibility index (Phi) is 3.59. The molecule has 0 radical (unpaired) electrons. The first-order valence-electron chi connectivity index (χ1n) is 2.87. The minimum Gasteiger partial charge on any atom is -0.208 e. The zero-order valence-electron chi connectivity index (χ0n) is 5.18. The maximum Gasteiger partial charge on any atom is 0.203 e. The van der Waals surface area contributed by atoms with Gasteiger partial charge in [-0.2, -0.15) is 4.37 Å². The zero-order chi connectivity index (χ0) is 7.40. The average Bonchev–Trinajstić information content (AvgIpc) is 2.31. The van der Waals surface area contributed by atoms with Gasteiger partial charge < -0.3 is 0 Å². The molecule has 0 aliphatic rings. The lowest BCUT2D eigenvalue weighted by Gasteiger charge is -1.87. The van der Waals surface area contributed by atoms with Crippen LogP contribution in [0.2, 0.25) is 4.47 Å². The summed E-state index contributed by atoms with van der Waals surface area (Å²) in [6, 6.07) is 0. The standard InChI is InChI=1S/C5H6BrClN2S/c6-3-1-2-4-8-5(7)10-9-4/h1-3H2. The lowest BCUT2D eigenvalue weighted by Crippen LogP contribution is -1.87. The molecular formula is C5H6BrClN2S. The maximum atomic E-state index is 5.57. The maximum absolute atomic E-state index is 5.57. The highest BCUT2D eigenvalue weighted by atomic mass is 79.9. The molecule has 5 heteroatoms. The topological polar surface area (TPSA) is 25.8 Å². The number of rotatable bonds is 3. The van der Waals surface area contributed by atoms with E-state index in [4.69, 9.17) is 11.6 Å². The van der Waals surface area contributed by atoms with E-state index in [-0.39, 0.29) is 0 Å². The fourth-order valence-electron chi connectivity index (χ4n) is 0.559. The quantitative estimate of drug-likeness (QED) is 0.760. The molecule has 0 N–H and O–H groups in total. The Morgan fingerprint density at radius 2 is 2.40 bits per heavy atom. The highest BCUT2D eigenvalue weighted by Gasteiger charge is 1.99. The fraction of sp³-hybridized carbons (Fsp3) is 0.600. The van der Waals surface area contributed by atoms with Gasteiger partial charge in [0.15, 0.2) is 0 Å². The average molecular weight is 242 g/mol. The van der Waals surface area contributed by atoms with Crippen molar-refractivity contribution in [2.75, 3.05) is 5.33 Å². The van der Waals surface area contributed by atoms with E-state index >= 15 is 0 Å². The third-order valence-electron chi connectivity index (χ3n) is 0.977. The largest absolute Gasteiger partial charge is 0.208 e. The van der Waals surface area contributed by atoms with Crippen LogP contribution in [0.25, 0.3) is 0 Å². The number of hydrogen-bond donors (Lipinski definition) is 0. The van der Waals surface area contributed by atoms with Gasteiger partial charge in [0.2, 0.25) is 4.47 Å². The molecule has 0 atom stereocenters. The van der Waals surface area contributed by atoms with Crippen molar-refractivity contribution in [3.63, 3.8) is 0 Å². The predicted molar refractivity (Wildman–Crippen MR) is 47.0 cm³/mol. The molecule has 1 aromatic rings. The van der Waals surface area contributed by atoms with Crippen molar-refractivity contribution in [1.82, 2.24) is 9.36 Å². The minimum atomic E-state index is 0.532. The Bertz CT molecular complexity index is 203. The van der Waals surface area contributed by atoms with Gasteiger partial charge in [-0.15, -0.1) is 0 Å². The van der Waals surface area contributed by atoms with Gasteiger partial charge in [-0.05, 0) is 29.6 Å². The number of halogens is 2. The number of alkyl halides is 1. The molecule has 56 valence electrons. The van der Waals surface area contributed by atoms with E-state index < -0.39 is 0 Å². The van der Waals surface area contributed by atoms with Crippen LogP contribution in [-0.2, 0) is 6.42 Å². The molecule has 1 rings (SSSR count). The summed E-state index contributed by atoms with van der Waals surface area (Å²) in [7, 11) is 0. The van der Waals surface area contributed by atoms with E-state index in [2.05, 4.69) is 25.3 Å². The van der Waals surface area contributed by atoms with Crippen LogP contribution >= 0.6 is 39.1 Å². The van der Waals surface area contributed by atoms with Crippen LogP contribution in [0.5, 0.6) is 0 Å². The summed E-state index contributed by atoms with van der Waals surface area (Å²) < 4.78 is 4.56. The molecule has 0 spiro atoms. The van der Waals surface area contributed by atoms with Gasteiger partial charge in [0.25, 0.3) is 0 Å². The molecule has 0 fully saturated rings. The highest BCUT2D eigenvalue weighted by molar-refractivity contribution is 9.09. The van der Waals surface area contributed by atoms with Crippen molar-refractivity contribution < 1.29 is 0 Å². The van der Waals surface area contributed by atoms with Crippen LogP contribution in [0.3, 0.4) is 0 Å². The third-order valence-corrected chi connectivity index (χ3v) is 2.37. The van der Waals surface area contributed by atoms with Gasteiger partial charge in [0, 0.05) is 11.8 Å². The van der Waals surface area contributed by atoms with Gasteiger partial charge in [-0.1, -0.05) is 15.9 Å². The molecule has 10 heavy (non-hydrogen) atoms. The Balaban J connectivity index is 2.42. The zero-order valence-corrected chi connectivity index (χ0v) is 8.34. The summed E-state index contributed by atoms with van der Waals surface area (Å²) in [6.07, 6.45) is 1.97. The van der Waals surface area contributed by atoms with Crippen LogP contribution in [0, 0.1) is 0 Å². The van der Waals surface area contributed by atoms with E-state index in [9.17, 15) is 0 Å². The number of aryl methyl sites for hydroxylation is 1. The molecule has 2 nitrogen and oxygen atoms in total. The summed E-state index contributed by atoms with van der Waals surface area (Å²) >= 11 is 10.1. The number of nitrogens with zero attached hydrogens (tertiary/aromatic N) is 2. The van der Waals surface area contributed by atoms with E-state index in [1.54, 1.807) is 0 Å². The monoisotopic (exact) mass is 240 g/mol. The Hall–Kier alpha value is 0.330. The van der Waals surface area contributed by atoms with Gasteiger partial charge in [0.1, 0.15) is 5.82 Å². The summed E-state index contributed by atoms with van der Waals surface area (Å²) in [4.78, 5) is 4.00. The summed E-state index contributed by atoms with van der Waals surface area (Å²) in [5.41, 5.74) is 0. The molecule has 0 aromatic carbocycles. The molecule has 0 aliphatic carbocycles. The van der Waals surface area contributed by atoms with Gasteiger partial charge in [0.05, 0.1) is 0 Å². The third kappa shape index (κ3) is 2.52. The van der Waals surface area contributed by atoms with E-state index in [1.165, 1.54) is 11.5 Å². The van der Waals surface area contributed by atoms with Crippen LogP contribution in [0.1, 0.15) is 12.2 Å². The minimum absolute atomic E-state index is 0.532. The second-order valence-corrected chi connectivity index (χ2v) is 3.88. The van der Waals surface area contributed by atoms with Crippen molar-refractivity contribution in [2.45, 2.75) is 12.8 Å². The molecule has 0 saturated carbocycles. The Morgan fingerprint density at radius 1 is 1.60 bits per heavy atom. The van der Waals surface area contributed by atoms with E-state index in [0.29, 0.717) is 4.47 Å². The Morgan fingerprint density at radius 3 is 2.90 bits per heavy atom. The molecule has 0 amide bonds.